The van der Waals surface area contributed by atoms with Crippen LogP contribution in [0.1, 0.15) is 10.4 Å². The zero-order valence-corrected chi connectivity index (χ0v) is 10.5. The van der Waals surface area contributed by atoms with E-state index in [0.717, 1.165) is 12.1 Å². The van der Waals surface area contributed by atoms with Crippen molar-refractivity contribution in [2.45, 2.75) is 0 Å². The number of amides is 1. The number of nitrogens with one attached hydrogen (secondary N) is 1. The zero-order valence-electron chi connectivity index (χ0n) is 10.5. The molecular weight excluding hydrogens is 268 g/mol. The van der Waals surface area contributed by atoms with Crippen molar-refractivity contribution in [1.29, 1.82) is 0 Å². The molecular formula is C14H11F2NO3. The third-order valence-corrected chi connectivity index (χ3v) is 2.58. The zero-order chi connectivity index (χ0) is 14.7. The Balaban J connectivity index is 2.28. The molecule has 2 N–H and O–H groups in total. The lowest BCUT2D eigenvalue weighted by atomic mass is 10.1. The topological polar surface area (TPSA) is 58.6 Å². The van der Waals surface area contributed by atoms with E-state index >= 15 is 0 Å². The van der Waals surface area contributed by atoms with Gasteiger partial charge in [0, 0.05) is 11.8 Å². The average molecular weight is 279 g/mol. The van der Waals surface area contributed by atoms with Gasteiger partial charge in [0.05, 0.1) is 12.7 Å². The van der Waals surface area contributed by atoms with Crippen molar-refractivity contribution in [3.63, 3.8) is 0 Å². The second kappa shape index (κ2) is 5.56. The van der Waals surface area contributed by atoms with Gasteiger partial charge in [0.15, 0.2) is 11.5 Å². The summed E-state index contributed by atoms with van der Waals surface area (Å²) in [5.74, 6) is -2.54. The second-order valence-corrected chi connectivity index (χ2v) is 3.97. The van der Waals surface area contributed by atoms with Crippen molar-refractivity contribution in [3.8, 4) is 11.5 Å². The highest BCUT2D eigenvalue weighted by Crippen LogP contribution is 2.29. The number of hydrogen-bond donors (Lipinski definition) is 2. The predicted octanol–water partition coefficient (Wildman–Crippen LogP) is 2.93. The van der Waals surface area contributed by atoms with Crippen molar-refractivity contribution in [1.82, 2.24) is 0 Å². The van der Waals surface area contributed by atoms with Crippen molar-refractivity contribution in [2.75, 3.05) is 12.4 Å². The maximum absolute atomic E-state index is 13.0. The summed E-state index contributed by atoms with van der Waals surface area (Å²) in [7, 11) is 1.35. The van der Waals surface area contributed by atoms with Gasteiger partial charge in [-0.05, 0) is 24.3 Å². The monoisotopic (exact) mass is 279 g/mol. The van der Waals surface area contributed by atoms with Gasteiger partial charge in [-0.3, -0.25) is 4.79 Å². The van der Waals surface area contributed by atoms with Gasteiger partial charge in [0.2, 0.25) is 0 Å². The number of methoxy groups -OCH3 is 1. The molecule has 20 heavy (non-hydrogen) atoms. The van der Waals surface area contributed by atoms with Crippen molar-refractivity contribution in [2.24, 2.45) is 0 Å². The SMILES string of the molecule is COc1cccc(C(=O)Nc2cc(F)cc(F)c2)c1O. The van der Waals surface area contributed by atoms with Gasteiger partial charge < -0.3 is 15.2 Å². The Morgan fingerprint density at radius 2 is 1.85 bits per heavy atom. The lowest BCUT2D eigenvalue weighted by Gasteiger charge is -2.09. The van der Waals surface area contributed by atoms with E-state index in [9.17, 15) is 18.7 Å². The number of benzene rings is 2. The fraction of sp³-hybridized carbons (Fsp3) is 0.0714. The first kappa shape index (κ1) is 13.8. The number of phenolic OH excluding ortho intramolecular Hbond substituents is 1. The summed E-state index contributed by atoms with van der Waals surface area (Å²) in [4.78, 5) is 12.0. The summed E-state index contributed by atoms with van der Waals surface area (Å²) in [5, 5.41) is 12.1. The third-order valence-electron chi connectivity index (χ3n) is 2.58. The van der Waals surface area contributed by atoms with Crippen LogP contribution in [-0.2, 0) is 0 Å². The van der Waals surface area contributed by atoms with Crippen molar-refractivity contribution < 1.29 is 23.4 Å². The smallest absolute Gasteiger partial charge is 0.259 e. The predicted molar refractivity (Wildman–Crippen MR) is 69.0 cm³/mol. The molecule has 6 heteroatoms. The molecule has 0 atom stereocenters. The van der Waals surface area contributed by atoms with Crippen LogP contribution in [0.25, 0.3) is 0 Å². The number of aromatic hydroxyl groups is 1. The third kappa shape index (κ3) is 2.85. The number of carbonyl (C=O) groups is 1. The molecule has 0 fully saturated rings. The molecule has 1 amide bonds. The molecule has 104 valence electrons. The summed E-state index contributed by atoms with van der Waals surface area (Å²) >= 11 is 0. The molecule has 2 rings (SSSR count). The number of hydrogen-bond acceptors (Lipinski definition) is 3. The molecule has 2 aromatic rings. The fourth-order valence-electron chi connectivity index (χ4n) is 1.69. The van der Waals surface area contributed by atoms with E-state index in [2.05, 4.69) is 5.32 Å². The normalized spacial score (nSPS) is 10.2. The van der Waals surface area contributed by atoms with E-state index in [1.165, 1.54) is 25.3 Å². The molecule has 0 radical (unpaired) electrons. The Kier molecular flexibility index (Phi) is 3.84. The quantitative estimate of drug-likeness (QED) is 0.908. The lowest BCUT2D eigenvalue weighted by molar-refractivity contribution is 0.102. The van der Waals surface area contributed by atoms with Crippen molar-refractivity contribution >= 4 is 11.6 Å². The Morgan fingerprint density at radius 3 is 2.45 bits per heavy atom. The number of halogens is 2. The molecule has 0 saturated carbocycles. The minimum atomic E-state index is -0.810. The van der Waals surface area contributed by atoms with Crippen LogP contribution < -0.4 is 10.1 Å². The van der Waals surface area contributed by atoms with Crippen LogP contribution in [0.5, 0.6) is 11.5 Å². The molecule has 2 aromatic carbocycles. The van der Waals surface area contributed by atoms with Gasteiger partial charge >= 0.3 is 0 Å². The minimum absolute atomic E-state index is 0.0466. The van der Waals surface area contributed by atoms with Gasteiger partial charge in [0.1, 0.15) is 11.6 Å². The van der Waals surface area contributed by atoms with E-state index < -0.39 is 17.5 Å². The van der Waals surface area contributed by atoms with Gasteiger partial charge in [-0.15, -0.1) is 0 Å². The van der Waals surface area contributed by atoms with E-state index in [4.69, 9.17) is 4.74 Å². The maximum atomic E-state index is 13.0. The molecule has 0 aromatic heterocycles. The van der Waals surface area contributed by atoms with Crippen LogP contribution >= 0.6 is 0 Å². The van der Waals surface area contributed by atoms with Gasteiger partial charge in [-0.25, -0.2) is 8.78 Å². The van der Waals surface area contributed by atoms with Gasteiger partial charge in [0.25, 0.3) is 5.91 Å². The number of phenols is 1. The molecule has 0 saturated heterocycles. The fourth-order valence-corrected chi connectivity index (χ4v) is 1.69. The molecule has 0 heterocycles. The van der Waals surface area contributed by atoms with Crippen LogP contribution in [0.3, 0.4) is 0 Å². The Morgan fingerprint density at radius 1 is 1.20 bits per heavy atom. The number of carbonyl (C=O) groups excluding carboxylic acids is 1. The number of para-hydroxylation sites is 1. The molecule has 0 bridgehead atoms. The Hall–Kier alpha value is -2.63. The molecule has 0 aliphatic heterocycles. The lowest BCUT2D eigenvalue weighted by Crippen LogP contribution is -2.12. The summed E-state index contributed by atoms with van der Waals surface area (Å²) in [6.45, 7) is 0. The first-order valence-corrected chi connectivity index (χ1v) is 5.64. The molecule has 0 spiro atoms. The van der Waals surface area contributed by atoms with Gasteiger partial charge in [-0.2, -0.15) is 0 Å². The first-order chi connectivity index (χ1) is 9.51. The summed E-state index contributed by atoms with van der Waals surface area (Å²) in [5.41, 5.74) is -0.108. The largest absolute Gasteiger partial charge is 0.504 e. The highest BCUT2D eigenvalue weighted by molar-refractivity contribution is 6.06. The Labute approximate surface area is 113 Å². The van der Waals surface area contributed by atoms with Crippen LogP contribution in [-0.4, -0.2) is 18.1 Å². The highest BCUT2D eigenvalue weighted by Gasteiger charge is 2.15. The minimum Gasteiger partial charge on any atom is -0.504 e. The van der Waals surface area contributed by atoms with Gasteiger partial charge in [-0.1, -0.05) is 6.07 Å². The van der Waals surface area contributed by atoms with E-state index in [1.54, 1.807) is 0 Å². The first-order valence-electron chi connectivity index (χ1n) is 5.64. The number of ether oxygens (including phenoxy) is 1. The Bertz CT molecular complexity index is 639. The summed E-state index contributed by atoms with van der Waals surface area (Å²) in [6, 6.07) is 6.99. The average Bonchev–Trinajstić information content (AvgIpc) is 2.37. The number of rotatable bonds is 3. The molecule has 0 aliphatic carbocycles. The molecule has 0 unspecified atom stereocenters. The summed E-state index contributed by atoms with van der Waals surface area (Å²) < 4.78 is 30.9. The number of anilines is 1. The van der Waals surface area contributed by atoms with Crippen molar-refractivity contribution in [3.05, 3.63) is 53.6 Å². The summed E-state index contributed by atoms with van der Waals surface area (Å²) in [6.07, 6.45) is 0. The van der Waals surface area contributed by atoms with Crippen LogP contribution in [0.2, 0.25) is 0 Å². The maximum Gasteiger partial charge on any atom is 0.259 e. The van der Waals surface area contributed by atoms with Crippen LogP contribution in [0, 0.1) is 11.6 Å². The highest BCUT2D eigenvalue weighted by atomic mass is 19.1. The second-order valence-electron chi connectivity index (χ2n) is 3.97. The molecule has 0 aliphatic rings. The van der Waals surface area contributed by atoms with Crippen LogP contribution in [0.4, 0.5) is 14.5 Å². The molecule has 4 nitrogen and oxygen atoms in total. The van der Waals surface area contributed by atoms with E-state index in [1.807, 2.05) is 0 Å². The van der Waals surface area contributed by atoms with E-state index in [-0.39, 0.29) is 22.7 Å². The van der Waals surface area contributed by atoms with Crippen LogP contribution in [0.15, 0.2) is 36.4 Å². The standard InChI is InChI=1S/C14H11F2NO3/c1-20-12-4-2-3-11(13(12)18)14(19)17-10-6-8(15)5-9(16)7-10/h2-7,18H,1H3,(H,17,19). The van der Waals surface area contributed by atoms with E-state index in [0.29, 0.717) is 6.07 Å².